The number of methoxy groups -OCH3 is 1. The van der Waals surface area contributed by atoms with Crippen molar-refractivity contribution < 1.29 is 27.5 Å². The Morgan fingerprint density at radius 2 is 0.811 bits per heavy atom. The summed E-state index contributed by atoms with van der Waals surface area (Å²) in [6, 6.07) is 31.5. The zero-order valence-corrected chi connectivity index (χ0v) is 38.7. The summed E-state index contributed by atoms with van der Waals surface area (Å²) in [5.41, 5.74) is 2.17. The van der Waals surface area contributed by atoms with Crippen LogP contribution >= 0.6 is 0 Å². The van der Waals surface area contributed by atoms with Gasteiger partial charge in [-0.3, -0.25) is 0 Å². The van der Waals surface area contributed by atoms with Crippen LogP contribution in [0.15, 0.2) is 91.0 Å². The molecule has 0 unspecified atom stereocenters. The van der Waals surface area contributed by atoms with Gasteiger partial charge in [-0.05, 0) is 71.1 Å². The van der Waals surface area contributed by atoms with Crippen molar-refractivity contribution in [1.29, 1.82) is 0 Å². The zero-order valence-electron chi connectivity index (χ0n) is 35.7. The van der Waals surface area contributed by atoms with Gasteiger partial charge in [-0.1, -0.05) is 153 Å². The van der Waals surface area contributed by atoms with Crippen molar-refractivity contribution in [2.24, 2.45) is 0 Å². The highest BCUT2D eigenvalue weighted by Crippen LogP contribution is 2.47. The summed E-state index contributed by atoms with van der Waals surface area (Å²) in [4.78, 5) is 0. The minimum atomic E-state index is -2.41. The average molecular weight is 779 g/mol. The third kappa shape index (κ3) is 9.55. The fourth-order valence-corrected chi connectivity index (χ4v) is 10.0. The van der Waals surface area contributed by atoms with Crippen LogP contribution in [0.2, 0.25) is 54.4 Å². The van der Waals surface area contributed by atoms with Gasteiger partial charge < -0.3 is 27.5 Å². The Morgan fingerprint density at radius 3 is 1.13 bits per heavy atom. The maximum absolute atomic E-state index is 7.55. The lowest BCUT2D eigenvalue weighted by molar-refractivity contribution is -0.290. The van der Waals surface area contributed by atoms with Crippen LogP contribution in [0, 0.1) is 0 Å². The molecule has 1 aliphatic rings. The van der Waals surface area contributed by atoms with E-state index in [1.807, 2.05) is 18.2 Å². The maximum atomic E-state index is 7.55. The molecule has 0 saturated carbocycles. The Kier molecular flexibility index (Phi) is 13.4. The van der Waals surface area contributed by atoms with E-state index in [9.17, 15) is 0 Å². The highest BCUT2D eigenvalue weighted by Gasteiger charge is 2.57. The Morgan fingerprint density at radius 1 is 0.491 bits per heavy atom. The van der Waals surface area contributed by atoms with Crippen LogP contribution in [0.4, 0.5) is 0 Å². The molecule has 1 aliphatic heterocycles. The first-order valence-electron chi connectivity index (χ1n) is 19.4. The molecule has 3 aromatic rings. The van der Waals surface area contributed by atoms with Crippen molar-refractivity contribution in [2.75, 3.05) is 13.7 Å². The Bertz CT molecular complexity index is 1480. The minimum Gasteiger partial charge on any atom is -0.408 e. The summed E-state index contributed by atoms with van der Waals surface area (Å²) in [5, 5.41) is -0.148. The van der Waals surface area contributed by atoms with Crippen LogP contribution in [-0.4, -0.2) is 69.4 Å². The Labute approximate surface area is 325 Å². The molecule has 1 heterocycles. The normalized spacial score (nSPS) is 22.5. The molecule has 1 saturated heterocycles. The topological polar surface area (TPSA) is 55.4 Å². The molecular weight excluding hydrogens is 709 g/mol. The van der Waals surface area contributed by atoms with E-state index in [-0.39, 0.29) is 21.7 Å². The van der Waals surface area contributed by atoms with Crippen molar-refractivity contribution in [1.82, 2.24) is 0 Å². The van der Waals surface area contributed by atoms with Crippen LogP contribution in [0.5, 0.6) is 0 Å². The molecule has 294 valence electrons. The number of benzene rings is 3. The van der Waals surface area contributed by atoms with Gasteiger partial charge in [0, 0.05) is 7.11 Å². The van der Waals surface area contributed by atoms with Gasteiger partial charge in [0.15, 0.2) is 31.2 Å². The van der Waals surface area contributed by atoms with Gasteiger partial charge in [0.1, 0.15) is 30.0 Å². The monoisotopic (exact) mass is 778 g/mol. The number of rotatable bonds is 13. The predicted molar refractivity (Wildman–Crippen MR) is 227 cm³/mol. The fraction of sp³-hybridized carbons (Fsp3) is 0.591. The molecular formula is C44H70O6Si3. The van der Waals surface area contributed by atoms with E-state index in [1.165, 1.54) is 0 Å². The molecule has 6 nitrogen and oxygen atoms in total. The van der Waals surface area contributed by atoms with E-state index in [2.05, 4.69) is 174 Å². The van der Waals surface area contributed by atoms with Crippen LogP contribution in [0.1, 0.15) is 79.0 Å². The smallest absolute Gasteiger partial charge is 0.192 e. The van der Waals surface area contributed by atoms with Crippen molar-refractivity contribution in [2.45, 2.75) is 153 Å². The lowest BCUT2D eigenvalue weighted by Gasteiger charge is -2.54. The van der Waals surface area contributed by atoms with Gasteiger partial charge in [0.05, 0.1) is 6.61 Å². The van der Waals surface area contributed by atoms with Crippen LogP contribution in [-0.2, 0) is 33.1 Å². The number of hydrogen-bond acceptors (Lipinski definition) is 6. The quantitative estimate of drug-likeness (QED) is 0.127. The molecule has 0 amide bonds. The Balaban J connectivity index is 1.94. The summed E-state index contributed by atoms with van der Waals surface area (Å²) in [7, 11) is -5.42. The second-order valence-electron chi connectivity index (χ2n) is 19.4. The van der Waals surface area contributed by atoms with Crippen molar-refractivity contribution in [3.05, 3.63) is 108 Å². The molecule has 0 aromatic heterocycles. The maximum Gasteiger partial charge on any atom is 0.192 e. The summed E-state index contributed by atoms with van der Waals surface area (Å²) < 4.78 is 43.3. The van der Waals surface area contributed by atoms with E-state index in [4.69, 9.17) is 27.5 Å². The minimum absolute atomic E-state index is 0.0385. The van der Waals surface area contributed by atoms with E-state index < -0.39 is 61.3 Å². The lowest BCUT2D eigenvalue weighted by atomic mass is 9.80. The third-order valence-electron chi connectivity index (χ3n) is 12.5. The van der Waals surface area contributed by atoms with E-state index in [1.54, 1.807) is 7.11 Å². The van der Waals surface area contributed by atoms with Gasteiger partial charge in [0.2, 0.25) is 0 Å². The fourth-order valence-electron chi connectivity index (χ4n) is 6.13. The molecule has 0 bridgehead atoms. The van der Waals surface area contributed by atoms with Gasteiger partial charge in [0.25, 0.3) is 0 Å². The molecule has 53 heavy (non-hydrogen) atoms. The van der Waals surface area contributed by atoms with Gasteiger partial charge in [-0.2, -0.15) is 0 Å². The summed E-state index contributed by atoms with van der Waals surface area (Å²) >= 11 is 0. The van der Waals surface area contributed by atoms with E-state index >= 15 is 0 Å². The Hall–Kier alpha value is -1.93. The zero-order chi connectivity index (χ0) is 39.7. The van der Waals surface area contributed by atoms with Crippen LogP contribution in [0.3, 0.4) is 0 Å². The molecule has 4 rings (SSSR count). The van der Waals surface area contributed by atoms with E-state index in [0.29, 0.717) is 0 Å². The molecule has 9 heteroatoms. The first-order valence-corrected chi connectivity index (χ1v) is 28.1. The molecule has 5 atom stereocenters. The highest BCUT2D eigenvalue weighted by molar-refractivity contribution is 6.75. The van der Waals surface area contributed by atoms with Crippen molar-refractivity contribution in [3.63, 3.8) is 0 Å². The SMILES string of the molecule is CO[C@H]1O[C@H](COC(c2ccccc2)(c2ccccc2)c2ccccc2)[C@@H](O[Si](C)(C)C(C)(C)C)[C@H](O[Si](C)(C)C(C)(C)C)[C@H]1O[Si](C)(C)C(C)(C)C. The second kappa shape index (κ2) is 16.3. The first-order chi connectivity index (χ1) is 24.4. The molecule has 0 radical (unpaired) electrons. The number of hydrogen-bond donors (Lipinski definition) is 0. The first kappa shape index (κ1) is 43.8. The van der Waals surface area contributed by atoms with Crippen LogP contribution < -0.4 is 0 Å². The lowest BCUT2D eigenvalue weighted by Crippen LogP contribution is -2.68. The summed E-state index contributed by atoms with van der Waals surface area (Å²) in [5.74, 6) is 0. The third-order valence-corrected chi connectivity index (χ3v) is 26.0. The highest BCUT2D eigenvalue weighted by atomic mass is 28.4. The molecule has 0 N–H and O–H groups in total. The second-order valence-corrected chi connectivity index (χ2v) is 33.7. The van der Waals surface area contributed by atoms with Crippen LogP contribution in [0.25, 0.3) is 0 Å². The van der Waals surface area contributed by atoms with E-state index in [0.717, 1.165) is 16.7 Å². The van der Waals surface area contributed by atoms with Gasteiger partial charge in [-0.15, -0.1) is 0 Å². The molecule has 1 fully saturated rings. The average Bonchev–Trinajstić information content (AvgIpc) is 3.07. The molecule has 0 aliphatic carbocycles. The van der Waals surface area contributed by atoms with Gasteiger partial charge in [-0.25, -0.2) is 0 Å². The largest absolute Gasteiger partial charge is 0.408 e. The van der Waals surface area contributed by atoms with Crippen molar-refractivity contribution in [3.8, 4) is 0 Å². The van der Waals surface area contributed by atoms with Crippen molar-refractivity contribution >= 4 is 25.0 Å². The predicted octanol–water partition coefficient (Wildman–Crippen LogP) is 11.5. The molecule has 3 aromatic carbocycles. The summed E-state index contributed by atoms with van der Waals surface area (Å²) in [6.45, 7) is 34.6. The molecule has 0 spiro atoms. The summed E-state index contributed by atoms with van der Waals surface area (Å²) in [6.07, 6.45) is -2.65. The number of ether oxygens (including phenoxy) is 3. The standard InChI is InChI=1S/C44H70O6Si3/c1-41(2,3)51(11,12)48-37-36(47-40(45-10)39(50-53(15,16)43(7,8)9)38(37)49-52(13,14)42(4,5)6)32-46-44(33-26-20-17-21-27-33,34-28-22-18-23-29-34)35-30-24-19-25-31-35/h17-31,36-40H,32H2,1-16H3/t36-,37-,38+,39-,40+/m1/s1. The van der Waals surface area contributed by atoms with Gasteiger partial charge >= 0.3 is 0 Å².